The molecule has 2 unspecified atom stereocenters. The van der Waals surface area contributed by atoms with Crippen molar-refractivity contribution in [1.29, 1.82) is 0 Å². The number of carbonyl (C=O) groups excluding carboxylic acids is 1. The van der Waals surface area contributed by atoms with Gasteiger partial charge in [-0.3, -0.25) is 9.80 Å². The second kappa shape index (κ2) is 9.17. The maximum atomic E-state index is 13.5. The molecule has 0 spiro atoms. The molecule has 1 saturated carbocycles. The van der Waals surface area contributed by atoms with Crippen LogP contribution >= 0.6 is 11.6 Å². The van der Waals surface area contributed by atoms with Crippen molar-refractivity contribution in [2.45, 2.75) is 57.5 Å². The van der Waals surface area contributed by atoms with Gasteiger partial charge in [0.15, 0.2) is 0 Å². The third kappa shape index (κ3) is 4.36. The first-order chi connectivity index (χ1) is 14.5. The summed E-state index contributed by atoms with van der Waals surface area (Å²) < 4.78 is 13.5. The van der Waals surface area contributed by atoms with Crippen LogP contribution in [0.25, 0.3) is 0 Å². The predicted octanol–water partition coefficient (Wildman–Crippen LogP) is 5.87. The van der Waals surface area contributed by atoms with Crippen molar-refractivity contribution < 1.29 is 9.18 Å². The highest BCUT2D eigenvalue weighted by molar-refractivity contribution is 6.40. The predicted molar refractivity (Wildman–Crippen MR) is 119 cm³/mol. The third-order valence-corrected chi connectivity index (χ3v) is 6.44. The SMILES string of the molecule is CC1C(C(=O)NC2CCCCCC2)=NN(c2ccccc2Cl)C1c1ccc(F)cc1. The first kappa shape index (κ1) is 20.9. The third-order valence-electron chi connectivity index (χ3n) is 6.12. The van der Waals surface area contributed by atoms with Crippen LogP contribution in [0.5, 0.6) is 0 Å². The fraction of sp³-hybridized carbons (Fsp3) is 0.417. The molecule has 2 aliphatic rings. The average molecular weight is 428 g/mol. The van der Waals surface area contributed by atoms with Crippen molar-refractivity contribution in [3.8, 4) is 0 Å². The highest BCUT2D eigenvalue weighted by atomic mass is 35.5. The zero-order valence-electron chi connectivity index (χ0n) is 17.2. The lowest BCUT2D eigenvalue weighted by Crippen LogP contribution is -2.40. The van der Waals surface area contributed by atoms with Crippen LogP contribution in [0.1, 0.15) is 57.1 Å². The van der Waals surface area contributed by atoms with Gasteiger partial charge in [0.1, 0.15) is 11.5 Å². The molecule has 30 heavy (non-hydrogen) atoms. The molecule has 1 heterocycles. The number of nitrogens with one attached hydrogen (secondary N) is 1. The number of hydrogen-bond acceptors (Lipinski definition) is 3. The number of anilines is 1. The average Bonchev–Trinajstić information content (AvgIpc) is 2.89. The molecule has 1 amide bonds. The number of halogens is 2. The molecule has 2 atom stereocenters. The molecule has 1 aliphatic heterocycles. The Hall–Kier alpha value is -2.40. The molecule has 6 heteroatoms. The fourth-order valence-electron chi connectivity index (χ4n) is 4.50. The number of hydrogen-bond donors (Lipinski definition) is 1. The van der Waals surface area contributed by atoms with Crippen molar-refractivity contribution >= 4 is 28.9 Å². The summed E-state index contributed by atoms with van der Waals surface area (Å²) in [6.07, 6.45) is 6.80. The first-order valence-electron chi connectivity index (χ1n) is 10.7. The van der Waals surface area contributed by atoms with Gasteiger partial charge in [0, 0.05) is 12.0 Å². The van der Waals surface area contributed by atoms with E-state index in [-0.39, 0.29) is 29.7 Å². The number of hydrazone groups is 1. The van der Waals surface area contributed by atoms with Crippen molar-refractivity contribution in [3.05, 3.63) is 64.9 Å². The van der Waals surface area contributed by atoms with Crippen molar-refractivity contribution in [2.24, 2.45) is 11.0 Å². The lowest BCUT2D eigenvalue weighted by molar-refractivity contribution is -0.115. The molecular weight excluding hydrogens is 401 g/mol. The second-order valence-corrected chi connectivity index (χ2v) is 8.64. The van der Waals surface area contributed by atoms with Crippen LogP contribution in [0.4, 0.5) is 10.1 Å². The number of rotatable bonds is 4. The summed E-state index contributed by atoms with van der Waals surface area (Å²) in [6, 6.07) is 13.8. The fourth-order valence-corrected chi connectivity index (χ4v) is 4.72. The molecule has 1 N–H and O–H groups in total. The molecule has 4 nitrogen and oxygen atoms in total. The molecule has 158 valence electrons. The number of nitrogens with zero attached hydrogens (tertiary/aromatic N) is 2. The van der Waals surface area contributed by atoms with E-state index < -0.39 is 0 Å². The Bertz CT molecular complexity index is 922. The van der Waals surface area contributed by atoms with Gasteiger partial charge in [-0.2, -0.15) is 5.10 Å². The van der Waals surface area contributed by atoms with Crippen molar-refractivity contribution in [1.82, 2.24) is 5.32 Å². The molecule has 0 saturated heterocycles. The van der Waals surface area contributed by atoms with Crippen molar-refractivity contribution in [3.63, 3.8) is 0 Å². The molecule has 2 aromatic rings. The molecule has 4 rings (SSSR count). The van der Waals surface area contributed by atoms with Crippen LogP contribution in [0.3, 0.4) is 0 Å². The van der Waals surface area contributed by atoms with E-state index in [1.54, 1.807) is 12.1 Å². The highest BCUT2D eigenvalue weighted by Crippen LogP contribution is 2.41. The summed E-state index contributed by atoms with van der Waals surface area (Å²) in [6.45, 7) is 2.00. The van der Waals surface area contributed by atoms with Gasteiger partial charge in [0.25, 0.3) is 5.91 Å². The molecule has 0 bridgehead atoms. The Morgan fingerprint density at radius 2 is 1.73 bits per heavy atom. The number of benzene rings is 2. The van der Waals surface area contributed by atoms with Gasteiger partial charge in [-0.25, -0.2) is 4.39 Å². The Morgan fingerprint density at radius 3 is 2.40 bits per heavy atom. The largest absolute Gasteiger partial charge is 0.348 e. The van der Waals surface area contributed by atoms with Crippen LogP contribution in [0.15, 0.2) is 53.6 Å². The Balaban J connectivity index is 1.65. The summed E-state index contributed by atoms with van der Waals surface area (Å²) in [5.41, 5.74) is 2.12. The summed E-state index contributed by atoms with van der Waals surface area (Å²) in [4.78, 5) is 13.2. The minimum atomic E-state index is -0.291. The molecule has 1 aliphatic carbocycles. The topological polar surface area (TPSA) is 44.7 Å². The molecule has 0 aromatic heterocycles. The molecular formula is C24H27ClFN3O. The van der Waals surface area contributed by atoms with Gasteiger partial charge >= 0.3 is 0 Å². The van der Waals surface area contributed by atoms with Crippen LogP contribution in [-0.2, 0) is 4.79 Å². The summed E-state index contributed by atoms with van der Waals surface area (Å²) >= 11 is 6.46. The maximum absolute atomic E-state index is 13.5. The second-order valence-electron chi connectivity index (χ2n) is 8.23. The normalized spacial score (nSPS) is 22.5. The molecule has 1 fully saturated rings. The van der Waals surface area contributed by atoms with Crippen LogP contribution in [0.2, 0.25) is 5.02 Å². The van der Waals surface area contributed by atoms with Gasteiger partial charge in [-0.05, 0) is 42.7 Å². The van der Waals surface area contributed by atoms with E-state index in [1.807, 2.05) is 36.2 Å². The van der Waals surface area contributed by atoms with E-state index in [0.29, 0.717) is 10.7 Å². The molecule has 0 radical (unpaired) electrons. The van der Waals surface area contributed by atoms with Gasteiger partial charge in [0.05, 0.1) is 16.8 Å². The summed E-state index contributed by atoms with van der Waals surface area (Å²) in [5.74, 6) is -0.575. The Labute approximate surface area is 182 Å². The van der Waals surface area contributed by atoms with Crippen LogP contribution in [0, 0.1) is 11.7 Å². The van der Waals surface area contributed by atoms with E-state index >= 15 is 0 Å². The Kier molecular flexibility index (Phi) is 6.38. The lowest BCUT2D eigenvalue weighted by Gasteiger charge is -2.27. The molecule has 2 aromatic carbocycles. The van der Waals surface area contributed by atoms with Gasteiger partial charge < -0.3 is 5.32 Å². The summed E-state index contributed by atoms with van der Waals surface area (Å²) in [7, 11) is 0. The van der Waals surface area contributed by atoms with Gasteiger partial charge in [0.2, 0.25) is 0 Å². The zero-order valence-corrected chi connectivity index (χ0v) is 17.9. The van der Waals surface area contributed by atoms with E-state index in [4.69, 9.17) is 16.7 Å². The quantitative estimate of drug-likeness (QED) is 0.620. The van der Waals surface area contributed by atoms with Gasteiger partial charge in [-0.1, -0.05) is 68.5 Å². The summed E-state index contributed by atoms with van der Waals surface area (Å²) in [5, 5.41) is 10.3. The Morgan fingerprint density at radius 1 is 1.07 bits per heavy atom. The number of amides is 1. The standard InChI is InChI=1S/C24H27ClFN3O/c1-16-22(24(30)27-19-8-4-2-3-5-9-19)28-29(21-11-7-6-10-20(21)25)23(16)17-12-14-18(26)15-13-17/h6-7,10-16,19,23H,2-5,8-9H2,1H3,(H,27,30). The number of carbonyl (C=O) groups is 1. The monoisotopic (exact) mass is 427 g/mol. The zero-order chi connectivity index (χ0) is 21.1. The van der Waals surface area contributed by atoms with E-state index in [0.717, 1.165) is 36.9 Å². The highest BCUT2D eigenvalue weighted by Gasteiger charge is 2.40. The smallest absolute Gasteiger partial charge is 0.268 e. The van der Waals surface area contributed by atoms with E-state index in [1.165, 1.54) is 25.0 Å². The maximum Gasteiger partial charge on any atom is 0.268 e. The lowest BCUT2D eigenvalue weighted by atomic mass is 9.90. The minimum absolute atomic E-state index is 0.115. The van der Waals surface area contributed by atoms with Crippen LogP contribution < -0.4 is 10.3 Å². The van der Waals surface area contributed by atoms with Crippen LogP contribution in [-0.4, -0.2) is 17.7 Å². The first-order valence-corrected chi connectivity index (χ1v) is 11.1. The van der Waals surface area contributed by atoms with Gasteiger partial charge in [-0.15, -0.1) is 0 Å². The minimum Gasteiger partial charge on any atom is -0.348 e. The van der Waals surface area contributed by atoms with E-state index in [9.17, 15) is 9.18 Å². The van der Waals surface area contributed by atoms with Crippen molar-refractivity contribution in [2.75, 3.05) is 5.01 Å². The van der Waals surface area contributed by atoms with E-state index in [2.05, 4.69) is 5.32 Å². The number of para-hydroxylation sites is 1.